The molecule has 0 aromatic carbocycles. The van der Waals surface area contributed by atoms with Crippen molar-refractivity contribution in [2.75, 3.05) is 19.6 Å². The molecule has 0 bridgehead atoms. The third-order valence-corrected chi connectivity index (χ3v) is 2.69. The summed E-state index contributed by atoms with van der Waals surface area (Å²) in [5, 5.41) is 18.6. The molecule has 92 valence electrons. The van der Waals surface area contributed by atoms with Crippen molar-refractivity contribution in [1.29, 1.82) is 0 Å². The monoisotopic (exact) mass is 219 g/mol. The molecule has 0 rings (SSSR count). The fourth-order valence-electron chi connectivity index (χ4n) is 1.47. The van der Waals surface area contributed by atoms with Crippen LogP contribution < -0.4 is 17.2 Å². The fourth-order valence-corrected chi connectivity index (χ4v) is 1.47. The zero-order valence-corrected chi connectivity index (χ0v) is 9.31. The molecular formula is C10H25N3O2. The van der Waals surface area contributed by atoms with Crippen molar-refractivity contribution in [1.82, 2.24) is 0 Å². The first-order valence-corrected chi connectivity index (χ1v) is 5.60. The summed E-state index contributed by atoms with van der Waals surface area (Å²) in [6.07, 6.45) is 2.20. The van der Waals surface area contributed by atoms with E-state index in [4.69, 9.17) is 17.2 Å². The molecule has 0 saturated heterocycles. The second kappa shape index (κ2) is 9.06. The molecule has 0 radical (unpaired) electrons. The maximum absolute atomic E-state index is 9.29. The average molecular weight is 219 g/mol. The van der Waals surface area contributed by atoms with E-state index in [2.05, 4.69) is 0 Å². The maximum atomic E-state index is 9.29. The van der Waals surface area contributed by atoms with Crippen molar-refractivity contribution in [2.24, 2.45) is 23.1 Å². The van der Waals surface area contributed by atoms with Gasteiger partial charge in [-0.15, -0.1) is 0 Å². The Morgan fingerprint density at radius 3 is 1.33 bits per heavy atom. The van der Waals surface area contributed by atoms with E-state index in [1.807, 2.05) is 0 Å². The fraction of sp³-hybridized carbons (Fsp3) is 1.00. The number of hydrogen-bond acceptors (Lipinski definition) is 5. The van der Waals surface area contributed by atoms with E-state index in [1.54, 1.807) is 0 Å². The zero-order valence-electron chi connectivity index (χ0n) is 9.31. The van der Waals surface area contributed by atoms with Crippen molar-refractivity contribution in [3.8, 4) is 0 Å². The Kier molecular flexibility index (Phi) is 8.94. The van der Waals surface area contributed by atoms with Crippen LogP contribution in [0.3, 0.4) is 0 Å². The molecule has 8 N–H and O–H groups in total. The zero-order chi connectivity index (χ0) is 11.7. The van der Waals surface area contributed by atoms with Gasteiger partial charge in [-0.05, 0) is 38.1 Å². The van der Waals surface area contributed by atoms with Gasteiger partial charge in [0.1, 0.15) is 0 Å². The highest BCUT2D eigenvalue weighted by Gasteiger charge is 2.11. The van der Waals surface area contributed by atoms with E-state index in [9.17, 15) is 10.2 Å². The van der Waals surface area contributed by atoms with E-state index in [0.29, 0.717) is 38.4 Å². The minimum absolute atomic E-state index is 0.294. The first-order chi connectivity index (χ1) is 7.13. The molecule has 0 fully saturated rings. The van der Waals surface area contributed by atoms with Crippen molar-refractivity contribution >= 4 is 0 Å². The summed E-state index contributed by atoms with van der Waals surface area (Å²) in [4.78, 5) is 0. The first-order valence-electron chi connectivity index (χ1n) is 5.60. The molecule has 0 aromatic heterocycles. The predicted molar refractivity (Wildman–Crippen MR) is 61.1 cm³/mol. The normalized spacial score (nSPS) is 17.4. The number of hydrogen-bond donors (Lipinski definition) is 5. The lowest BCUT2D eigenvalue weighted by atomic mass is 9.94. The molecule has 0 aromatic rings. The van der Waals surface area contributed by atoms with E-state index in [1.165, 1.54) is 0 Å². The Hall–Kier alpha value is -0.200. The van der Waals surface area contributed by atoms with Crippen molar-refractivity contribution < 1.29 is 10.2 Å². The van der Waals surface area contributed by atoms with Gasteiger partial charge in [0.05, 0.1) is 12.2 Å². The quantitative estimate of drug-likeness (QED) is 0.332. The van der Waals surface area contributed by atoms with Gasteiger partial charge in [-0.3, -0.25) is 0 Å². The van der Waals surface area contributed by atoms with Gasteiger partial charge in [0.2, 0.25) is 0 Å². The van der Waals surface area contributed by atoms with Crippen LogP contribution >= 0.6 is 0 Å². The van der Waals surface area contributed by atoms with Gasteiger partial charge in [0, 0.05) is 13.1 Å². The molecule has 0 spiro atoms. The molecule has 0 saturated carbocycles. The molecule has 5 nitrogen and oxygen atoms in total. The van der Waals surface area contributed by atoms with Gasteiger partial charge in [-0.2, -0.15) is 0 Å². The Balaban J connectivity index is 3.63. The largest absolute Gasteiger partial charge is 0.392 e. The van der Waals surface area contributed by atoms with E-state index < -0.39 is 12.2 Å². The van der Waals surface area contributed by atoms with E-state index in [0.717, 1.165) is 12.8 Å². The van der Waals surface area contributed by atoms with Gasteiger partial charge in [-0.25, -0.2) is 0 Å². The molecule has 15 heavy (non-hydrogen) atoms. The van der Waals surface area contributed by atoms with Crippen LogP contribution in [0.15, 0.2) is 0 Å². The van der Waals surface area contributed by atoms with Crippen LogP contribution in [-0.4, -0.2) is 42.1 Å². The Bertz CT molecular complexity index is 133. The Labute approximate surface area is 91.6 Å². The standard InChI is InChI=1S/C10H25N3O2/c11-5-8(1-3-9(14)6-12)2-4-10(15)7-13/h8-10,14-15H,1-7,11-13H2. The van der Waals surface area contributed by atoms with Crippen LogP contribution in [0.1, 0.15) is 25.7 Å². The van der Waals surface area contributed by atoms with E-state index >= 15 is 0 Å². The van der Waals surface area contributed by atoms with Gasteiger partial charge < -0.3 is 27.4 Å². The highest BCUT2D eigenvalue weighted by atomic mass is 16.3. The molecule has 0 heterocycles. The van der Waals surface area contributed by atoms with Gasteiger partial charge >= 0.3 is 0 Å². The number of aliphatic hydroxyl groups is 2. The number of nitrogens with two attached hydrogens (primary N) is 3. The highest BCUT2D eigenvalue weighted by molar-refractivity contribution is 4.67. The van der Waals surface area contributed by atoms with Crippen LogP contribution in [0.5, 0.6) is 0 Å². The molecule has 2 atom stereocenters. The minimum Gasteiger partial charge on any atom is -0.392 e. The summed E-state index contributed by atoms with van der Waals surface area (Å²) in [7, 11) is 0. The molecule has 0 aliphatic carbocycles. The average Bonchev–Trinajstić information content (AvgIpc) is 2.28. The van der Waals surface area contributed by atoms with Crippen LogP contribution in [0, 0.1) is 5.92 Å². The van der Waals surface area contributed by atoms with Crippen molar-refractivity contribution in [2.45, 2.75) is 37.9 Å². The topological polar surface area (TPSA) is 119 Å². The summed E-state index contributed by atoms with van der Waals surface area (Å²) >= 11 is 0. The lowest BCUT2D eigenvalue weighted by molar-refractivity contribution is 0.147. The van der Waals surface area contributed by atoms with Gasteiger partial charge in [-0.1, -0.05) is 0 Å². The third kappa shape index (κ3) is 7.70. The van der Waals surface area contributed by atoms with Crippen molar-refractivity contribution in [3.63, 3.8) is 0 Å². The second-order valence-corrected chi connectivity index (χ2v) is 4.04. The minimum atomic E-state index is -0.432. The summed E-state index contributed by atoms with van der Waals surface area (Å²) < 4.78 is 0. The van der Waals surface area contributed by atoms with Crippen molar-refractivity contribution in [3.05, 3.63) is 0 Å². The van der Waals surface area contributed by atoms with Crippen LogP contribution in [0.2, 0.25) is 0 Å². The smallest absolute Gasteiger partial charge is 0.0662 e. The molecule has 0 aliphatic rings. The first kappa shape index (κ1) is 14.8. The van der Waals surface area contributed by atoms with Gasteiger partial charge in [0.25, 0.3) is 0 Å². The predicted octanol–water partition coefficient (Wildman–Crippen LogP) is -1.24. The lowest BCUT2D eigenvalue weighted by Crippen LogP contribution is -2.25. The SMILES string of the molecule is NCC(O)CCC(CN)CCC(O)CN. The highest BCUT2D eigenvalue weighted by Crippen LogP contribution is 2.14. The molecule has 2 unspecified atom stereocenters. The second-order valence-electron chi connectivity index (χ2n) is 4.04. The number of aliphatic hydroxyl groups excluding tert-OH is 2. The molecular weight excluding hydrogens is 194 g/mol. The van der Waals surface area contributed by atoms with E-state index in [-0.39, 0.29) is 0 Å². The summed E-state index contributed by atoms with van der Waals surface area (Å²) in [5.41, 5.74) is 16.2. The Morgan fingerprint density at radius 1 is 0.667 bits per heavy atom. The van der Waals surface area contributed by atoms with Crippen LogP contribution in [-0.2, 0) is 0 Å². The molecule has 0 aliphatic heterocycles. The third-order valence-electron chi connectivity index (χ3n) is 2.69. The number of rotatable bonds is 9. The summed E-state index contributed by atoms with van der Waals surface area (Å²) in [6.45, 7) is 1.17. The van der Waals surface area contributed by atoms with Crippen LogP contribution in [0.4, 0.5) is 0 Å². The Morgan fingerprint density at radius 2 is 1.07 bits per heavy atom. The summed E-state index contributed by atoms with van der Waals surface area (Å²) in [6, 6.07) is 0. The lowest BCUT2D eigenvalue weighted by Gasteiger charge is -2.17. The van der Waals surface area contributed by atoms with Gasteiger partial charge in [0.15, 0.2) is 0 Å². The summed E-state index contributed by atoms with van der Waals surface area (Å²) in [5.74, 6) is 0.340. The molecule has 0 amide bonds. The molecule has 5 heteroatoms. The maximum Gasteiger partial charge on any atom is 0.0662 e. The van der Waals surface area contributed by atoms with Crippen LogP contribution in [0.25, 0.3) is 0 Å².